The summed E-state index contributed by atoms with van der Waals surface area (Å²) in [4.78, 5) is 12.6. The number of fused-ring (bicyclic) bond motifs is 1. The van der Waals surface area contributed by atoms with Crippen LogP contribution in [0.3, 0.4) is 0 Å². The summed E-state index contributed by atoms with van der Waals surface area (Å²) in [6, 6.07) is 18.2. The summed E-state index contributed by atoms with van der Waals surface area (Å²) in [7, 11) is 0. The molecule has 0 spiro atoms. The highest BCUT2D eigenvalue weighted by Crippen LogP contribution is 2.30. The number of nitrogens with one attached hydrogen (secondary N) is 1. The molecular formula is C22H21BrN4O. The van der Waals surface area contributed by atoms with Crippen LogP contribution in [0.15, 0.2) is 71.5 Å². The van der Waals surface area contributed by atoms with Crippen LogP contribution in [-0.2, 0) is 24.4 Å². The molecule has 0 saturated heterocycles. The predicted molar refractivity (Wildman–Crippen MR) is 114 cm³/mol. The van der Waals surface area contributed by atoms with Gasteiger partial charge in [0.25, 0.3) is 0 Å². The molecule has 5 nitrogen and oxygen atoms in total. The fourth-order valence-corrected chi connectivity index (χ4v) is 3.96. The summed E-state index contributed by atoms with van der Waals surface area (Å²) in [5.41, 5.74) is 4.35. The molecule has 0 bridgehead atoms. The van der Waals surface area contributed by atoms with Gasteiger partial charge in [0, 0.05) is 40.0 Å². The molecule has 0 atom stereocenters. The maximum Gasteiger partial charge on any atom is 0.240 e. The lowest BCUT2D eigenvalue weighted by atomic mass is 10.1. The third kappa shape index (κ3) is 3.87. The first-order valence-electron chi connectivity index (χ1n) is 9.17. The van der Waals surface area contributed by atoms with Crippen molar-refractivity contribution < 1.29 is 4.79 Å². The first-order valence-corrected chi connectivity index (χ1v) is 9.96. The van der Waals surface area contributed by atoms with E-state index in [1.807, 2.05) is 58.8 Å². The van der Waals surface area contributed by atoms with Crippen LogP contribution in [0.2, 0.25) is 0 Å². The molecule has 2 heterocycles. The van der Waals surface area contributed by atoms with Gasteiger partial charge in [-0.25, -0.2) is 0 Å². The van der Waals surface area contributed by atoms with Gasteiger partial charge in [-0.1, -0.05) is 42.5 Å². The van der Waals surface area contributed by atoms with Gasteiger partial charge in [-0.05, 0) is 46.1 Å². The molecule has 4 rings (SSSR count). The van der Waals surface area contributed by atoms with Gasteiger partial charge in [0.05, 0.1) is 6.54 Å². The number of benzene rings is 2. The van der Waals surface area contributed by atoms with E-state index in [4.69, 9.17) is 0 Å². The zero-order valence-corrected chi connectivity index (χ0v) is 17.2. The molecule has 0 radical (unpaired) electrons. The van der Waals surface area contributed by atoms with Crippen molar-refractivity contribution in [3.05, 3.63) is 88.3 Å². The van der Waals surface area contributed by atoms with Crippen LogP contribution < -0.4 is 5.32 Å². The van der Waals surface area contributed by atoms with E-state index < -0.39 is 0 Å². The monoisotopic (exact) mass is 436 g/mol. The van der Waals surface area contributed by atoms with Crippen LogP contribution in [0.5, 0.6) is 0 Å². The number of amides is 1. The Labute approximate surface area is 172 Å². The van der Waals surface area contributed by atoms with E-state index in [0.717, 1.165) is 38.7 Å². The van der Waals surface area contributed by atoms with Gasteiger partial charge in [-0.15, -0.1) is 0 Å². The minimum absolute atomic E-state index is 0.00571. The molecule has 4 aromatic rings. The van der Waals surface area contributed by atoms with Crippen molar-refractivity contribution in [3.63, 3.8) is 0 Å². The minimum Gasteiger partial charge on any atom is -0.350 e. The van der Waals surface area contributed by atoms with Crippen LogP contribution in [-0.4, -0.2) is 20.3 Å². The van der Waals surface area contributed by atoms with Crippen LogP contribution in [0.4, 0.5) is 0 Å². The van der Waals surface area contributed by atoms with E-state index in [0.29, 0.717) is 13.1 Å². The Kier molecular flexibility index (Phi) is 5.30. The quantitative estimate of drug-likeness (QED) is 0.490. The summed E-state index contributed by atoms with van der Waals surface area (Å²) in [5.74, 6) is -0.00571. The lowest BCUT2D eigenvalue weighted by Crippen LogP contribution is -2.27. The second-order valence-electron chi connectivity index (χ2n) is 6.80. The van der Waals surface area contributed by atoms with E-state index in [-0.39, 0.29) is 5.91 Å². The first-order chi connectivity index (χ1) is 13.6. The summed E-state index contributed by atoms with van der Waals surface area (Å²) in [6.45, 7) is 3.55. The Balaban J connectivity index is 1.42. The number of hydrogen-bond donors (Lipinski definition) is 1. The number of aromatic nitrogens is 3. The average molecular weight is 437 g/mol. The van der Waals surface area contributed by atoms with Crippen molar-refractivity contribution in [2.24, 2.45) is 0 Å². The van der Waals surface area contributed by atoms with Crippen LogP contribution >= 0.6 is 15.9 Å². The first kappa shape index (κ1) is 18.5. The number of rotatable bonds is 6. The molecule has 2 aromatic carbocycles. The number of nitrogens with zero attached hydrogens (tertiary/aromatic N) is 3. The van der Waals surface area contributed by atoms with Gasteiger partial charge in [0.1, 0.15) is 6.54 Å². The predicted octanol–water partition coefficient (Wildman–Crippen LogP) is 4.27. The van der Waals surface area contributed by atoms with Gasteiger partial charge in [-0.2, -0.15) is 5.10 Å². The van der Waals surface area contributed by atoms with Crippen LogP contribution in [0, 0.1) is 6.92 Å². The molecule has 1 amide bonds. The lowest BCUT2D eigenvalue weighted by Gasteiger charge is -2.10. The van der Waals surface area contributed by atoms with Crippen molar-refractivity contribution in [1.82, 2.24) is 19.7 Å². The van der Waals surface area contributed by atoms with Crippen molar-refractivity contribution in [2.45, 2.75) is 26.6 Å². The van der Waals surface area contributed by atoms with Crippen LogP contribution in [0.25, 0.3) is 10.9 Å². The standard InChI is InChI=1S/C22H21BrN4O/c1-16-22(23)19-8-2-3-9-20(19)27(16)15-21(28)24-13-17-6-4-7-18(12-17)14-26-11-5-10-25-26/h2-12H,13-15H2,1H3,(H,24,28). The molecule has 0 fully saturated rings. The second kappa shape index (κ2) is 8.02. The van der Waals surface area contributed by atoms with Crippen LogP contribution in [0.1, 0.15) is 16.8 Å². The maximum absolute atomic E-state index is 12.6. The van der Waals surface area contributed by atoms with Crippen molar-refractivity contribution in [1.29, 1.82) is 0 Å². The maximum atomic E-state index is 12.6. The zero-order chi connectivity index (χ0) is 19.5. The molecule has 0 unspecified atom stereocenters. The van der Waals surface area contributed by atoms with E-state index in [9.17, 15) is 4.79 Å². The number of para-hydroxylation sites is 1. The van der Waals surface area contributed by atoms with Crippen molar-refractivity contribution >= 4 is 32.7 Å². The second-order valence-corrected chi connectivity index (χ2v) is 7.60. The molecule has 1 N–H and O–H groups in total. The molecular weight excluding hydrogens is 416 g/mol. The molecule has 0 saturated carbocycles. The Hall–Kier alpha value is -2.86. The third-order valence-electron chi connectivity index (χ3n) is 4.84. The van der Waals surface area contributed by atoms with Gasteiger partial charge in [-0.3, -0.25) is 9.48 Å². The summed E-state index contributed by atoms with van der Waals surface area (Å²) >= 11 is 3.64. The topological polar surface area (TPSA) is 51.9 Å². The largest absolute Gasteiger partial charge is 0.350 e. The molecule has 2 aromatic heterocycles. The van der Waals surface area contributed by atoms with E-state index >= 15 is 0 Å². The minimum atomic E-state index is -0.00571. The summed E-state index contributed by atoms with van der Waals surface area (Å²) < 4.78 is 4.97. The Bertz CT molecular complexity index is 1110. The zero-order valence-electron chi connectivity index (χ0n) is 15.6. The molecule has 0 aliphatic heterocycles. The molecule has 142 valence electrons. The van der Waals surface area contributed by atoms with Crippen molar-refractivity contribution in [2.75, 3.05) is 0 Å². The van der Waals surface area contributed by atoms with Gasteiger partial charge < -0.3 is 9.88 Å². The Morgan fingerprint density at radius 2 is 1.93 bits per heavy atom. The number of carbonyl (C=O) groups excluding carboxylic acids is 1. The van der Waals surface area contributed by atoms with Crippen molar-refractivity contribution in [3.8, 4) is 0 Å². The highest BCUT2D eigenvalue weighted by Gasteiger charge is 2.14. The van der Waals surface area contributed by atoms with E-state index in [1.165, 1.54) is 0 Å². The highest BCUT2D eigenvalue weighted by atomic mass is 79.9. The average Bonchev–Trinajstić information content (AvgIpc) is 3.30. The SMILES string of the molecule is Cc1c(Br)c2ccccc2n1CC(=O)NCc1cccc(Cn2cccn2)c1. The van der Waals surface area contributed by atoms with E-state index in [1.54, 1.807) is 6.20 Å². The molecule has 0 aliphatic rings. The van der Waals surface area contributed by atoms with E-state index in [2.05, 4.69) is 44.5 Å². The van der Waals surface area contributed by atoms with Gasteiger partial charge >= 0.3 is 0 Å². The normalized spacial score (nSPS) is 11.1. The third-order valence-corrected chi connectivity index (χ3v) is 5.84. The Morgan fingerprint density at radius 3 is 2.75 bits per heavy atom. The Morgan fingerprint density at radius 1 is 1.11 bits per heavy atom. The summed E-state index contributed by atoms with van der Waals surface area (Å²) in [6.07, 6.45) is 3.71. The fraction of sp³-hybridized carbons (Fsp3) is 0.182. The van der Waals surface area contributed by atoms with Gasteiger partial charge in [0.2, 0.25) is 5.91 Å². The summed E-state index contributed by atoms with van der Waals surface area (Å²) in [5, 5.41) is 8.40. The number of halogens is 1. The number of hydrogen-bond acceptors (Lipinski definition) is 2. The fourth-order valence-electron chi connectivity index (χ4n) is 3.41. The highest BCUT2D eigenvalue weighted by molar-refractivity contribution is 9.10. The molecule has 6 heteroatoms. The smallest absolute Gasteiger partial charge is 0.240 e. The van der Waals surface area contributed by atoms with Gasteiger partial charge in [0.15, 0.2) is 0 Å². The molecule has 28 heavy (non-hydrogen) atoms. The lowest BCUT2D eigenvalue weighted by molar-refractivity contribution is -0.121. The molecule has 0 aliphatic carbocycles. The number of carbonyl (C=O) groups is 1.